The normalized spacial score (nSPS) is 18.4. The SMILES string of the molecule is Cc1c(C(=O)N2CCN(C)CC2)oc2c1/C(=N/NC(=O)c1ccccc1Cl)CCC2. The lowest BCUT2D eigenvalue weighted by molar-refractivity contribution is 0.0629. The number of carbonyl (C=O) groups excluding carboxylic acids is 2. The summed E-state index contributed by atoms with van der Waals surface area (Å²) in [5.74, 6) is 0.711. The molecule has 0 atom stereocenters. The molecule has 1 aromatic carbocycles. The summed E-state index contributed by atoms with van der Waals surface area (Å²) in [7, 11) is 2.05. The molecule has 4 rings (SSSR count). The van der Waals surface area contributed by atoms with Crippen molar-refractivity contribution in [3.8, 4) is 0 Å². The highest BCUT2D eigenvalue weighted by Crippen LogP contribution is 2.30. The number of hydrogen-bond acceptors (Lipinski definition) is 5. The Kier molecular flexibility index (Phi) is 5.92. The molecule has 158 valence electrons. The molecule has 1 saturated heterocycles. The van der Waals surface area contributed by atoms with Crippen LogP contribution in [0.4, 0.5) is 0 Å². The summed E-state index contributed by atoms with van der Waals surface area (Å²) in [6, 6.07) is 6.84. The van der Waals surface area contributed by atoms with Gasteiger partial charge in [-0.2, -0.15) is 5.10 Å². The standard InChI is InChI=1S/C22H25ClN4O3/c1-14-19-17(24-25-21(28)15-6-3-4-7-16(15)23)8-5-9-18(19)30-20(14)22(29)27-12-10-26(2)11-13-27/h3-4,6-7H,5,8-13H2,1-2H3,(H,25,28)/b24-17+. The molecule has 0 radical (unpaired) electrons. The summed E-state index contributed by atoms with van der Waals surface area (Å²) in [5, 5.41) is 4.74. The molecule has 1 aliphatic heterocycles. The van der Waals surface area contributed by atoms with Gasteiger partial charge in [0, 0.05) is 43.7 Å². The second-order valence-electron chi connectivity index (χ2n) is 7.78. The van der Waals surface area contributed by atoms with Gasteiger partial charge < -0.3 is 14.2 Å². The van der Waals surface area contributed by atoms with Gasteiger partial charge in [-0.3, -0.25) is 9.59 Å². The van der Waals surface area contributed by atoms with Gasteiger partial charge in [-0.1, -0.05) is 23.7 Å². The maximum atomic E-state index is 13.0. The zero-order chi connectivity index (χ0) is 21.3. The largest absolute Gasteiger partial charge is 0.455 e. The van der Waals surface area contributed by atoms with Crippen LogP contribution in [-0.2, 0) is 6.42 Å². The van der Waals surface area contributed by atoms with Crippen LogP contribution in [0.15, 0.2) is 33.8 Å². The van der Waals surface area contributed by atoms with E-state index in [1.165, 1.54) is 0 Å². The van der Waals surface area contributed by atoms with Gasteiger partial charge in [0.05, 0.1) is 16.3 Å². The van der Waals surface area contributed by atoms with Crippen molar-refractivity contribution in [2.45, 2.75) is 26.2 Å². The van der Waals surface area contributed by atoms with Crippen molar-refractivity contribution < 1.29 is 14.0 Å². The number of rotatable bonds is 3. The Bertz CT molecular complexity index is 1010. The predicted octanol–water partition coefficient (Wildman–Crippen LogP) is 3.10. The van der Waals surface area contributed by atoms with E-state index < -0.39 is 0 Å². The van der Waals surface area contributed by atoms with Gasteiger partial charge in [0.25, 0.3) is 11.8 Å². The number of amides is 2. The lowest BCUT2D eigenvalue weighted by Gasteiger charge is -2.31. The Morgan fingerprint density at radius 3 is 2.60 bits per heavy atom. The third-order valence-electron chi connectivity index (χ3n) is 5.72. The fraction of sp³-hybridized carbons (Fsp3) is 0.409. The number of aryl methyl sites for hydroxylation is 1. The highest BCUT2D eigenvalue weighted by molar-refractivity contribution is 6.33. The molecule has 0 saturated carbocycles. The summed E-state index contributed by atoms with van der Waals surface area (Å²) in [4.78, 5) is 29.5. The van der Waals surface area contributed by atoms with Gasteiger partial charge in [-0.25, -0.2) is 5.43 Å². The van der Waals surface area contributed by atoms with Crippen LogP contribution in [0.1, 0.15) is 50.6 Å². The molecule has 2 heterocycles. The first-order chi connectivity index (χ1) is 14.5. The Labute approximate surface area is 180 Å². The molecule has 30 heavy (non-hydrogen) atoms. The molecule has 1 N–H and O–H groups in total. The van der Waals surface area contributed by atoms with E-state index in [0.717, 1.165) is 48.5 Å². The number of likely N-dealkylation sites (N-methyl/N-ethyl adjacent to an activating group) is 1. The minimum absolute atomic E-state index is 0.0746. The van der Waals surface area contributed by atoms with Crippen LogP contribution in [0.2, 0.25) is 5.02 Å². The maximum absolute atomic E-state index is 13.0. The zero-order valence-corrected chi connectivity index (χ0v) is 18.0. The van der Waals surface area contributed by atoms with Crippen molar-refractivity contribution in [1.82, 2.24) is 15.2 Å². The van der Waals surface area contributed by atoms with Crippen LogP contribution < -0.4 is 5.43 Å². The van der Waals surface area contributed by atoms with Gasteiger partial charge in [-0.15, -0.1) is 0 Å². The number of hydrogen-bond donors (Lipinski definition) is 1. The first-order valence-electron chi connectivity index (χ1n) is 10.2. The second-order valence-corrected chi connectivity index (χ2v) is 8.19. The molecule has 0 unspecified atom stereocenters. The van der Waals surface area contributed by atoms with E-state index in [1.54, 1.807) is 24.3 Å². The van der Waals surface area contributed by atoms with Gasteiger partial charge in [-0.05, 0) is 38.9 Å². The predicted molar refractivity (Wildman–Crippen MR) is 115 cm³/mol. The van der Waals surface area contributed by atoms with Crippen LogP contribution in [0.3, 0.4) is 0 Å². The average molecular weight is 429 g/mol. The topological polar surface area (TPSA) is 78.2 Å². The number of benzene rings is 1. The molecule has 2 amide bonds. The monoisotopic (exact) mass is 428 g/mol. The average Bonchev–Trinajstić information content (AvgIpc) is 3.09. The molecule has 0 spiro atoms. The van der Waals surface area contributed by atoms with Crippen LogP contribution >= 0.6 is 11.6 Å². The summed E-state index contributed by atoms with van der Waals surface area (Å²) in [5.41, 5.74) is 5.34. The number of hydrazone groups is 1. The highest BCUT2D eigenvalue weighted by Gasteiger charge is 2.31. The third kappa shape index (κ3) is 4.00. The minimum atomic E-state index is -0.366. The molecule has 7 nitrogen and oxygen atoms in total. The molecule has 2 aliphatic rings. The molecule has 1 fully saturated rings. The molecule has 1 aromatic heterocycles. The summed E-state index contributed by atoms with van der Waals surface area (Å²) in [6.07, 6.45) is 2.31. The van der Waals surface area contributed by atoms with E-state index in [4.69, 9.17) is 16.0 Å². The van der Waals surface area contributed by atoms with Crippen molar-refractivity contribution in [3.63, 3.8) is 0 Å². The van der Waals surface area contributed by atoms with Crippen LogP contribution in [0.5, 0.6) is 0 Å². The van der Waals surface area contributed by atoms with E-state index in [1.807, 2.05) is 11.8 Å². The Morgan fingerprint density at radius 1 is 1.13 bits per heavy atom. The van der Waals surface area contributed by atoms with Gasteiger partial charge >= 0.3 is 0 Å². The number of nitrogens with zero attached hydrogens (tertiary/aromatic N) is 3. The van der Waals surface area contributed by atoms with E-state index in [9.17, 15) is 9.59 Å². The fourth-order valence-corrected chi connectivity index (χ4v) is 4.18. The third-order valence-corrected chi connectivity index (χ3v) is 6.05. The lowest BCUT2D eigenvalue weighted by atomic mass is 9.93. The molecule has 0 bridgehead atoms. The zero-order valence-electron chi connectivity index (χ0n) is 17.2. The van der Waals surface area contributed by atoms with Crippen LogP contribution in [0.25, 0.3) is 0 Å². The first-order valence-corrected chi connectivity index (χ1v) is 10.6. The van der Waals surface area contributed by atoms with Crippen molar-refractivity contribution in [1.29, 1.82) is 0 Å². The van der Waals surface area contributed by atoms with Crippen molar-refractivity contribution in [3.05, 3.63) is 57.5 Å². The Morgan fingerprint density at radius 2 is 1.87 bits per heavy atom. The maximum Gasteiger partial charge on any atom is 0.289 e. The number of halogens is 1. The summed E-state index contributed by atoms with van der Waals surface area (Å²) >= 11 is 6.10. The van der Waals surface area contributed by atoms with E-state index >= 15 is 0 Å². The molecular formula is C22H25ClN4O3. The highest BCUT2D eigenvalue weighted by atomic mass is 35.5. The van der Waals surface area contributed by atoms with Crippen molar-refractivity contribution in [2.75, 3.05) is 33.2 Å². The molecule has 2 aromatic rings. The van der Waals surface area contributed by atoms with Crippen LogP contribution in [-0.4, -0.2) is 60.6 Å². The number of fused-ring (bicyclic) bond motifs is 1. The van der Waals surface area contributed by atoms with Gasteiger partial charge in [0.15, 0.2) is 5.76 Å². The summed E-state index contributed by atoms with van der Waals surface area (Å²) in [6.45, 7) is 4.98. The van der Waals surface area contributed by atoms with Crippen LogP contribution in [0, 0.1) is 6.92 Å². The number of piperazine rings is 1. The van der Waals surface area contributed by atoms with Crippen molar-refractivity contribution in [2.24, 2.45) is 5.10 Å². The number of furan rings is 1. The molecule has 1 aliphatic carbocycles. The quantitative estimate of drug-likeness (QED) is 0.762. The van der Waals surface area contributed by atoms with Crippen molar-refractivity contribution >= 4 is 29.1 Å². The Hall–Kier alpha value is -2.64. The van der Waals surface area contributed by atoms with Gasteiger partial charge in [0.1, 0.15) is 5.76 Å². The minimum Gasteiger partial charge on any atom is -0.455 e. The molecular weight excluding hydrogens is 404 g/mol. The number of carbonyl (C=O) groups is 2. The summed E-state index contributed by atoms with van der Waals surface area (Å²) < 4.78 is 6.00. The smallest absolute Gasteiger partial charge is 0.289 e. The fourth-order valence-electron chi connectivity index (χ4n) is 3.96. The molecule has 8 heteroatoms. The second kappa shape index (κ2) is 8.62. The first kappa shape index (κ1) is 20.6. The lowest BCUT2D eigenvalue weighted by Crippen LogP contribution is -2.47. The van der Waals surface area contributed by atoms with Gasteiger partial charge in [0.2, 0.25) is 0 Å². The van der Waals surface area contributed by atoms with E-state index in [0.29, 0.717) is 35.9 Å². The Balaban J connectivity index is 1.57. The van der Waals surface area contributed by atoms with E-state index in [2.05, 4.69) is 22.5 Å². The van der Waals surface area contributed by atoms with E-state index in [-0.39, 0.29) is 11.8 Å². The number of nitrogens with one attached hydrogen (secondary N) is 1.